The average molecular weight is 453 g/mol. The lowest BCUT2D eigenvalue weighted by molar-refractivity contribution is 0.0956. The molecule has 2 aromatic carbocycles. The van der Waals surface area contributed by atoms with Crippen LogP contribution in [0, 0.1) is 5.92 Å². The average Bonchev–Trinajstić information content (AvgIpc) is 2.72. The van der Waals surface area contributed by atoms with Crippen LogP contribution in [0.2, 0.25) is 5.02 Å². The predicted molar refractivity (Wildman–Crippen MR) is 118 cm³/mol. The Balaban J connectivity index is 1.64. The first-order chi connectivity index (χ1) is 13.9. The summed E-state index contributed by atoms with van der Waals surface area (Å²) in [7, 11) is -3.63. The van der Waals surface area contributed by atoms with Crippen LogP contribution in [0.3, 0.4) is 0 Å². The molecular formula is C21H25ClN2O3S2. The Morgan fingerprint density at radius 3 is 2.55 bits per heavy atom. The van der Waals surface area contributed by atoms with Crippen molar-refractivity contribution in [3.63, 3.8) is 0 Å². The first kappa shape index (κ1) is 22.2. The Morgan fingerprint density at radius 1 is 1.17 bits per heavy atom. The summed E-state index contributed by atoms with van der Waals surface area (Å²) in [4.78, 5) is 13.8. The van der Waals surface area contributed by atoms with Crippen LogP contribution in [-0.4, -0.2) is 44.0 Å². The Morgan fingerprint density at radius 2 is 1.86 bits per heavy atom. The van der Waals surface area contributed by atoms with Gasteiger partial charge in [-0.1, -0.05) is 36.7 Å². The molecule has 0 radical (unpaired) electrons. The maximum absolute atomic E-state index is 12.9. The van der Waals surface area contributed by atoms with E-state index in [0.29, 0.717) is 31.3 Å². The third kappa shape index (κ3) is 5.75. The van der Waals surface area contributed by atoms with Gasteiger partial charge >= 0.3 is 0 Å². The van der Waals surface area contributed by atoms with Gasteiger partial charge in [0.05, 0.1) is 15.5 Å². The zero-order valence-corrected chi connectivity index (χ0v) is 18.7. The lowest BCUT2D eigenvalue weighted by Gasteiger charge is -2.29. The predicted octanol–water partition coefficient (Wildman–Crippen LogP) is 4.28. The normalized spacial score (nSPS) is 15.9. The quantitative estimate of drug-likeness (QED) is 0.503. The molecule has 1 aliphatic rings. The molecule has 0 aromatic heterocycles. The summed E-state index contributed by atoms with van der Waals surface area (Å²) >= 11 is 7.82. The summed E-state index contributed by atoms with van der Waals surface area (Å²) in [6.07, 6.45) is 1.69. The molecule has 3 rings (SSSR count). The minimum absolute atomic E-state index is 0.111. The Kier molecular flexibility index (Phi) is 7.62. The number of benzene rings is 2. The fourth-order valence-corrected chi connectivity index (χ4v) is 5.65. The number of piperidine rings is 1. The number of rotatable bonds is 7. The molecule has 29 heavy (non-hydrogen) atoms. The number of sulfonamides is 1. The monoisotopic (exact) mass is 452 g/mol. The summed E-state index contributed by atoms with van der Waals surface area (Å²) < 4.78 is 27.4. The van der Waals surface area contributed by atoms with Crippen LogP contribution in [0.25, 0.3) is 0 Å². The van der Waals surface area contributed by atoms with Gasteiger partial charge in [0.25, 0.3) is 5.91 Å². The van der Waals surface area contributed by atoms with Gasteiger partial charge in [-0.2, -0.15) is 4.31 Å². The second-order valence-electron chi connectivity index (χ2n) is 7.15. The molecule has 8 heteroatoms. The van der Waals surface area contributed by atoms with E-state index in [1.54, 1.807) is 11.8 Å². The zero-order chi connectivity index (χ0) is 20.9. The molecule has 0 aliphatic carbocycles. The van der Waals surface area contributed by atoms with E-state index in [1.807, 2.05) is 30.3 Å². The molecular weight excluding hydrogens is 428 g/mol. The molecule has 1 N–H and O–H groups in total. The van der Waals surface area contributed by atoms with Crippen molar-refractivity contribution in [2.24, 2.45) is 5.92 Å². The third-order valence-corrected chi connectivity index (χ3v) is 8.20. The van der Waals surface area contributed by atoms with Crippen LogP contribution in [0.5, 0.6) is 0 Å². The second-order valence-corrected chi connectivity index (χ2v) is 10.7. The topological polar surface area (TPSA) is 66.5 Å². The molecule has 1 heterocycles. The SMILES string of the molecule is CC1CCN(S(=O)(=O)c2ccc(Cl)c(C(=O)NCCSc3ccccc3)c2)CC1. The van der Waals surface area contributed by atoms with E-state index in [9.17, 15) is 13.2 Å². The number of hydrogen-bond acceptors (Lipinski definition) is 4. The van der Waals surface area contributed by atoms with Gasteiger partial charge in [0, 0.05) is 30.3 Å². The summed E-state index contributed by atoms with van der Waals surface area (Å²) in [6.45, 7) is 3.59. The molecule has 0 atom stereocenters. The van der Waals surface area contributed by atoms with Crippen molar-refractivity contribution in [3.8, 4) is 0 Å². The van der Waals surface area contributed by atoms with Gasteiger partial charge in [0.1, 0.15) is 0 Å². The van der Waals surface area contributed by atoms with Gasteiger partial charge in [-0.05, 0) is 49.1 Å². The number of hydrogen-bond donors (Lipinski definition) is 1. The smallest absolute Gasteiger partial charge is 0.252 e. The molecule has 0 unspecified atom stereocenters. The fraction of sp³-hybridized carbons (Fsp3) is 0.381. The maximum Gasteiger partial charge on any atom is 0.252 e. The summed E-state index contributed by atoms with van der Waals surface area (Å²) in [5, 5.41) is 3.06. The zero-order valence-electron chi connectivity index (χ0n) is 16.3. The van der Waals surface area contributed by atoms with E-state index < -0.39 is 10.0 Å². The molecule has 1 saturated heterocycles. The Bertz CT molecular complexity index is 944. The molecule has 0 spiro atoms. The second kappa shape index (κ2) is 9.98. The highest BCUT2D eigenvalue weighted by atomic mass is 35.5. The summed E-state index contributed by atoms with van der Waals surface area (Å²) in [5.41, 5.74) is 0.183. The lowest BCUT2D eigenvalue weighted by Crippen LogP contribution is -2.38. The summed E-state index contributed by atoms with van der Waals surface area (Å²) in [6, 6.07) is 14.3. The number of nitrogens with zero attached hydrogens (tertiary/aromatic N) is 1. The van der Waals surface area contributed by atoms with Crippen molar-refractivity contribution in [2.75, 3.05) is 25.4 Å². The molecule has 1 fully saturated rings. The standard InChI is InChI=1S/C21H25ClN2O3S2/c1-16-9-12-24(13-10-16)29(26,27)18-7-8-20(22)19(15-18)21(25)23-11-14-28-17-5-3-2-4-6-17/h2-8,15-16H,9-14H2,1H3,(H,23,25). The lowest BCUT2D eigenvalue weighted by atomic mass is 10.0. The van der Waals surface area contributed by atoms with E-state index in [0.717, 1.165) is 17.7 Å². The van der Waals surface area contributed by atoms with Crippen molar-refractivity contribution in [1.29, 1.82) is 0 Å². The number of amides is 1. The van der Waals surface area contributed by atoms with Gasteiger partial charge in [0.15, 0.2) is 0 Å². The van der Waals surface area contributed by atoms with Gasteiger partial charge in [-0.15, -0.1) is 11.8 Å². The van der Waals surface area contributed by atoms with Crippen LogP contribution >= 0.6 is 23.4 Å². The van der Waals surface area contributed by atoms with Gasteiger partial charge < -0.3 is 5.32 Å². The number of thioether (sulfide) groups is 1. The fourth-order valence-electron chi connectivity index (χ4n) is 3.16. The number of carbonyl (C=O) groups is 1. The van der Waals surface area contributed by atoms with E-state index in [-0.39, 0.29) is 21.4 Å². The number of halogens is 1. The minimum Gasteiger partial charge on any atom is -0.351 e. The highest BCUT2D eigenvalue weighted by Crippen LogP contribution is 2.26. The van der Waals surface area contributed by atoms with Crippen molar-refractivity contribution in [2.45, 2.75) is 29.6 Å². The minimum atomic E-state index is -3.63. The molecule has 0 saturated carbocycles. The largest absolute Gasteiger partial charge is 0.351 e. The number of carbonyl (C=O) groups excluding carboxylic acids is 1. The van der Waals surface area contributed by atoms with Crippen molar-refractivity contribution >= 4 is 39.3 Å². The number of nitrogens with one attached hydrogen (secondary N) is 1. The molecule has 1 aliphatic heterocycles. The molecule has 156 valence electrons. The van der Waals surface area contributed by atoms with Crippen LogP contribution < -0.4 is 5.32 Å². The van der Waals surface area contributed by atoms with Crippen LogP contribution in [0.4, 0.5) is 0 Å². The molecule has 2 aromatic rings. The Hall–Kier alpha value is -1.54. The van der Waals surface area contributed by atoms with Crippen LogP contribution in [0.15, 0.2) is 58.3 Å². The maximum atomic E-state index is 12.9. The van der Waals surface area contributed by atoms with Crippen molar-refractivity contribution in [3.05, 3.63) is 59.1 Å². The van der Waals surface area contributed by atoms with E-state index in [4.69, 9.17) is 11.6 Å². The van der Waals surface area contributed by atoms with Crippen LogP contribution in [-0.2, 0) is 10.0 Å². The Labute approximate surface area is 181 Å². The van der Waals surface area contributed by atoms with Crippen molar-refractivity contribution in [1.82, 2.24) is 9.62 Å². The van der Waals surface area contributed by atoms with E-state index in [1.165, 1.54) is 22.5 Å². The first-order valence-corrected chi connectivity index (χ1v) is 12.4. The van der Waals surface area contributed by atoms with Gasteiger partial charge in [0.2, 0.25) is 10.0 Å². The molecule has 1 amide bonds. The van der Waals surface area contributed by atoms with Crippen LogP contribution in [0.1, 0.15) is 30.1 Å². The highest BCUT2D eigenvalue weighted by Gasteiger charge is 2.29. The first-order valence-electron chi connectivity index (χ1n) is 9.63. The third-order valence-electron chi connectivity index (χ3n) is 4.96. The van der Waals surface area contributed by atoms with E-state index >= 15 is 0 Å². The van der Waals surface area contributed by atoms with Gasteiger partial charge in [-0.3, -0.25) is 4.79 Å². The van der Waals surface area contributed by atoms with E-state index in [2.05, 4.69) is 12.2 Å². The summed E-state index contributed by atoms with van der Waals surface area (Å²) in [5.74, 6) is 0.867. The van der Waals surface area contributed by atoms with Crippen molar-refractivity contribution < 1.29 is 13.2 Å². The highest BCUT2D eigenvalue weighted by molar-refractivity contribution is 7.99. The molecule has 0 bridgehead atoms. The van der Waals surface area contributed by atoms with Gasteiger partial charge in [-0.25, -0.2) is 8.42 Å². The molecule has 5 nitrogen and oxygen atoms in total.